The van der Waals surface area contributed by atoms with Gasteiger partial charge in [0.2, 0.25) is 0 Å². The van der Waals surface area contributed by atoms with Crippen LogP contribution in [0.1, 0.15) is 16.7 Å². The number of ether oxygens (including phenoxy) is 2. The molecule has 2 N–H and O–H groups in total. The lowest BCUT2D eigenvalue weighted by Gasteiger charge is -2.10. The van der Waals surface area contributed by atoms with Gasteiger partial charge in [0.15, 0.2) is 29.0 Å². The summed E-state index contributed by atoms with van der Waals surface area (Å²) in [5, 5.41) is 10.5. The van der Waals surface area contributed by atoms with Gasteiger partial charge >= 0.3 is 0 Å². The van der Waals surface area contributed by atoms with Crippen LogP contribution in [-0.2, 0) is 13.0 Å². The average Bonchev–Trinajstić information content (AvgIpc) is 3.20. The van der Waals surface area contributed by atoms with E-state index in [4.69, 9.17) is 9.47 Å². The fourth-order valence-electron chi connectivity index (χ4n) is 3.23. The number of halogens is 2. The zero-order chi connectivity index (χ0) is 18.3. The lowest BCUT2D eigenvalue weighted by molar-refractivity contribution is 0.355. The van der Waals surface area contributed by atoms with Gasteiger partial charge in [-0.05, 0) is 35.4 Å². The van der Waals surface area contributed by atoms with Crippen LogP contribution in [0.5, 0.6) is 11.5 Å². The van der Waals surface area contributed by atoms with Gasteiger partial charge in [0.25, 0.3) is 0 Å². The minimum atomic E-state index is -0.858. The molecule has 0 spiro atoms. The van der Waals surface area contributed by atoms with Crippen molar-refractivity contribution in [1.29, 1.82) is 0 Å². The first-order valence-electron chi connectivity index (χ1n) is 8.11. The molecule has 0 bridgehead atoms. The zero-order valence-corrected chi connectivity index (χ0v) is 14.3. The Hall–Kier alpha value is -3.09. The number of anilines is 1. The van der Waals surface area contributed by atoms with Crippen molar-refractivity contribution < 1.29 is 18.3 Å². The summed E-state index contributed by atoms with van der Waals surface area (Å²) >= 11 is 0. The number of H-pyrrole nitrogens is 1. The molecule has 0 radical (unpaired) electrons. The molecule has 0 amide bonds. The Morgan fingerprint density at radius 1 is 1.08 bits per heavy atom. The largest absolute Gasteiger partial charge is 0.493 e. The summed E-state index contributed by atoms with van der Waals surface area (Å²) < 4.78 is 37.1. The highest BCUT2D eigenvalue weighted by molar-refractivity contribution is 5.80. The highest BCUT2D eigenvalue weighted by Crippen LogP contribution is 2.43. The summed E-state index contributed by atoms with van der Waals surface area (Å²) in [7, 11) is 3.21. The van der Waals surface area contributed by atoms with Crippen LogP contribution in [0.15, 0.2) is 30.3 Å². The van der Waals surface area contributed by atoms with Crippen molar-refractivity contribution in [2.24, 2.45) is 0 Å². The van der Waals surface area contributed by atoms with Crippen LogP contribution in [0, 0.1) is 11.6 Å². The van der Waals surface area contributed by atoms with E-state index in [9.17, 15) is 8.78 Å². The molecule has 5 nitrogen and oxygen atoms in total. The van der Waals surface area contributed by atoms with Crippen LogP contribution in [0.2, 0.25) is 0 Å². The number of aromatic amines is 1. The fraction of sp³-hybridized carbons (Fsp3) is 0.211. The van der Waals surface area contributed by atoms with Crippen LogP contribution in [0.4, 0.5) is 14.6 Å². The van der Waals surface area contributed by atoms with Gasteiger partial charge < -0.3 is 14.8 Å². The Morgan fingerprint density at radius 3 is 2.58 bits per heavy atom. The monoisotopic (exact) mass is 357 g/mol. The molecule has 0 unspecified atom stereocenters. The predicted octanol–water partition coefficient (Wildman–Crippen LogP) is 3.89. The van der Waals surface area contributed by atoms with Crippen LogP contribution in [0.3, 0.4) is 0 Å². The molecule has 0 aliphatic heterocycles. The van der Waals surface area contributed by atoms with E-state index < -0.39 is 11.6 Å². The van der Waals surface area contributed by atoms with Crippen LogP contribution >= 0.6 is 0 Å². The molecule has 1 aromatic heterocycles. The van der Waals surface area contributed by atoms with Crippen molar-refractivity contribution in [1.82, 2.24) is 10.2 Å². The fourth-order valence-corrected chi connectivity index (χ4v) is 3.23. The summed E-state index contributed by atoms with van der Waals surface area (Å²) in [5.74, 6) is 0.320. The lowest BCUT2D eigenvalue weighted by Crippen LogP contribution is -2.03. The number of hydrogen-bond donors (Lipinski definition) is 2. The topological polar surface area (TPSA) is 59.2 Å². The van der Waals surface area contributed by atoms with Crippen molar-refractivity contribution in [3.8, 4) is 22.8 Å². The molecule has 1 heterocycles. The Kier molecular flexibility index (Phi) is 3.99. The highest BCUT2D eigenvalue weighted by atomic mass is 19.2. The van der Waals surface area contributed by atoms with Crippen LogP contribution in [0.25, 0.3) is 11.3 Å². The van der Waals surface area contributed by atoms with Crippen molar-refractivity contribution in [3.63, 3.8) is 0 Å². The normalized spacial score (nSPS) is 11.8. The molecule has 1 aliphatic carbocycles. The van der Waals surface area contributed by atoms with Crippen molar-refractivity contribution in [2.75, 3.05) is 19.5 Å². The van der Waals surface area contributed by atoms with Gasteiger partial charge in [-0.2, -0.15) is 5.10 Å². The van der Waals surface area contributed by atoms with E-state index in [0.29, 0.717) is 35.8 Å². The molecule has 134 valence electrons. The van der Waals surface area contributed by atoms with Gasteiger partial charge in [-0.15, -0.1) is 0 Å². The van der Waals surface area contributed by atoms with Gasteiger partial charge in [0.05, 0.1) is 19.9 Å². The highest BCUT2D eigenvalue weighted by Gasteiger charge is 2.26. The standard InChI is InChI=1S/C19H17F2N3O2/c1-25-16-7-11-6-13-18(12(11)8-17(16)26-2)23-24-19(13)22-9-10-3-4-14(20)15(21)5-10/h3-5,7-8H,6,9H2,1-2H3,(H2,22,23,24). The molecule has 26 heavy (non-hydrogen) atoms. The van der Waals surface area contributed by atoms with E-state index in [1.165, 1.54) is 6.07 Å². The Balaban J connectivity index is 1.59. The maximum atomic E-state index is 13.3. The third-order valence-electron chi connectivity index (χ3n) is 4.56. The number of methoxy groups -OCH3 is 2. The number of nitrogens with one attached hydrogen (secondary N) is 2. The summed E-state index contributed by atoms with van der Waals surface area (Å²) in [4.78, 5) is 0. The molecule has 3 aromatic rings. The van der Waals surface area contributed by atoms with E-state index in [2.05, 4.69) is 15.5 Å². The molecular weight excluding hydrogens is 340 g/mol. The van der Waals surface area contributed by atoms with Gasteiger partial charge in [-0.25, -0.2) is 8.78 Å². The second-order valence-electron chi connectivity index (χ2n) is 6.07. The summed E-state index contributed by atoms with van der Waals surface area (Å²) in [6, 6.07) is 7.73. The van der Waals surface area contributed by atoms with Gasteiger partial charge in [0, 0.05) is 24.1 Å². The molecule has 4 rings (SSSR count). The van der Waals surface area contributed by atoms with Crippen molar-refractivity contribution in [2.45, 2.75) is 13.0 Å². The Morgan fingerprint density at radius 2 is 1.85 bits per heavy atom. The second-order valence-corrected chi connectivity index (χ2v) is 6.07. The van der Waals surface area contributed by atoms with Crippen molar-refractivity contribution in [3.05, 3.63) is 58.7 Å². The molecule has 2 aromatic carbocycles. The van der Waals surface area contributed by atoms with Gasteiger partial charge in [-0.1, -0.05) is 6.07 Å². The molecular formula is C19H17F2N3O2. The Bertz CT molecular complexity index is 985. The summed E-state index contributed by atoms with van der Waals surface area (Å²) in [6.07, 6.45) is 0.696. The third-order valence-corrected chi connectivity index (χ3v) is 4.56. The first-order valence-corrected chi connectivity index (χ1v) is 8.11. The Labute approximate surface area is 149 Å². The maximum absolute atomic E-state index is 13.3. The van der Waals surface area contributed by atoms with E-state index in [-0.39, 0.29) is 0 Å². The quantitative estimate of drug-likeness (QED) is 0.569. The van der Waals surface area contributed by atoms with Crippen LogP contribution in [-0.4, -0.2) is 24.4 Å². The molecule has 1 aliphatic rings. The summed E-state index contributed by atoms with van der Waals surface area (Å²) in [6.45, 7) is 0.345. The van der Waals surface area contributed by atoms with E-state index in [1.54, 1.807) is 20.3 Å². The van der Waals surface area contributed by atoms with Crippen molar-refractivity contribution >= 4 is 5.82 Å². The first-order chi connectivity index (χ1) is 12.6. The number of aromatic nitrogens is 2. The number of hydrogen-bond acceptors (Lipinski definition) is 4. The average molecular weight is 357 g/mol. The van der Waals surface area contributed by atoms with Gasteiger partial charge in [0.1, 0.15) is 0 Å². The predicted molar refractivity (Wildman–Crippen MR) is 93.6 cm³/mol. The minimum absolute atomic E-state index is 0.345. The minimum Gasteiger partial charge on any atom is -0.493 e. The number of fused-ring (bicyclic) bond motifs is 3. The number of benzene rings is 2. The second kappa shape index (κ2) is 6.33. The SMILES string of the molecule is COc1cc2c(cc1OC)-c1[nH]nc(NCc3ccc(F)c(F)c3)c1C2. The third kappa shape index (κ3) is 2.65. The number of rotatable bonds is 5. The lowest BCUT2D eigenvalue weighted by atomic mass is 10.1. The molecule has 0 atom stereocenters. The van der Waals surface area contributed by atoms with Gasteiger partial charge in [-0.3, -0.25) is 5.10 Å². The van der Waals surface area contributed by atoms with E-state index in [1.807, 2.05) is 12.1 Å². The molecule has 0 saturated heterocycles. The first kappa shape index (κ1) is 16.4. The molecule has 0 fully saturated rings. The maximum Gasteiger partial charge on any atom is 0.161 e. The number of nitrogens with zero attached hydrogens (tertiary/aromatic N) is 1. The van der Waals surface area contributed by atoms with E-state index in [0.717, 1.165) is 28.5 Å². The zero-order valence-electron chi connectivity index (χ0n) is 14.3. The van der Waals surface area contributed by atoms with E-state index >= 15 is 0 Å². The molecule has 7 heteroatoms. The van der Waals surface area contributed by atoms with Crippen LogP contribution < -0.4 is 14.8 Å². The smallest absolute Gasteiger partial charge is 0.161 e. The molecule has 0 saturated carbocycles. The summed E-state index contributed by atoms with van der Waals surface area (Å²) in [5.41, 5.74) is 4.72.